The van der Waals surface area contributed by atoms with Crippen LogP contribution in [-0.2, 0) is 6.61 Å². The first-order valence-electron chi connectivity index (χ1n) is 4.00. The van der Waals surface area contributed by atoms with Crippen LogP contribution >= 0.6 is 0 Å². The molecule has 0 aromatic carbocycles. The van der Waals surface area contributed by atoms with Crippen LogP contribution in [0.5, 0.6) is 5.75 Å². The minimum atomic E-state index is -2.82. The molecule has 0 aliphatic carbocycles. The van der Waals surface area contributed by atoms with Crippen LogP contribution in [0, 0.1) is 11.3 Å². The second-order valence-corrected chi connectivity index (χ2v) is 2.65. The number of rotatable bonds is 3. The predicted molar refractivity (Wildman–Crippen MR) is 46.4 cm³/mol. The summed E-state index contributed by atoms with van der Waals surface area (Å²) in [6, 6.07) is 1.64. The van der Waals surface area contributed by atoms with E-state index < -0.39 is 18.6 Å². The first-order chi connectivity index (χ1) is 7.15. The summed E-state index contributed by atoms with van der Waals surface area (Å²) < 4.78 is 30.0. The van der Waals surface area contributed by atoms with E-state index in [1.165, 1.54) is 7.11 Å². The second kappa shape index (κ2) is 4.66. The molecule has 0 aliphatic heterocycles. The molecule has 1 aromatic rings. The molecule has 15 heavy (non-hydrogen) atoms. The number of alkyl halides is 2. The minimum absolute atomic E-state index is 0.0409. The largest absolute Gasteiger partial charge is 0.493 e. The van der Waals surface area contributed by atoms with Gasteiger partial charge in [-0.3, -0.25) is 0 Å². The van der Waals surface area contributed by atoms with Crippen LogP contribution in [0.15, 0.2) is 6.20 Å². The van der Waals surface area contributed by atoms with Gasteiger partial charge in [-0.2, -0.15) is 5.26 Å². The van der Waals surface area contributed by atoms with Crippen LogP contribution in [0.1, 0.15) is 23.2 Å². The Morgan fingerprint density at radius 3 is 2.73 bits per heavy atom. The number of nitriles is 1. The molecular formula is C9H8F2N2O2. The van der Waals surface area contributed by atoms with Gasteiger partial charge in [-0.1, -0.05) is 0 Å². The summed E-state index contributed by atoms with van der Waals surface area (Å²) in [5, 5.41) is 17.5. The van der Waals surface area contributed by atoms with Crippen molar-refractivity contribution in [1.82, 2.24) is 4.98 Å². The van der Waals surface area contributed by atoms with Crippen molar-refractivity contribution in [2.75, 3.05) is 7.11 Å². The Balaban J connectivity index is 3.46. The van der Waals surface area contributed by atoms with Gasteiger partial charge in [-0.15, -0.1) is 0 Å². The molecule has 1 rings (SSSR count). The number of hydrogen-bond donors (Lipinski definition) is 1. The van der Waals surface area contributed by atoms with Crippen molar-refractivity contribution >= 4 is 0 Å². The van der Waals surface area contributed by atoms with Gasteiger partial charge >= 0.3 is 0 Å². The number of nitrogens with zero attached hydrogens (tertiary/aromatic N) is 2. The first kappa shape index (κ1) is 11.3. The zero-order valence-electron chi connectivity index (χ0n) is 7.87. The molecule has 80 valence electrons. The van der Waals surface area contributed by atoms with Crippen LogP contribution in [0.25, 0.3) is 0 Å². The Labute approximate surface area is 84.7 Å². The molecule has 0 fully saturated rings. The molecule has 0 amide bonds. The number of hydrogen-bond acceptors (Lipinski definition) is 4. The van der Waals surface area contributed by atoms with E-state index in [0.717, 1.165) is 6.20 Å². The molecule has 0 saturated carbocycles. The lowest BCUT2D eigenvalue weighted by molar-refractivity contribution is 0.142. The lowest BCUT2D eigenvalue weighted by atomic mass is 10.1. The average molecular weight is 214 g/mol. The van der Waals surface area contributed by atoms with E-state index >= 15 is 0 Å². The van der Waals surface area contributed by atoms with Gasteiger partial charge in [0, 0.05) is 11.8 Å². The molecule has 0 unspecified atom stereocenters. The number of halogens is 2. The molecule has 1 heterocycles. The normalized spacial score (nSPS) is 10.1. The molecule has 0 aliphatic rings. The summed E-state index contributed by atoms with van der Waals surface area (Å²) in [6.45, 7) is -0.575. The maximum absolute atomic E-state index is 12.7. The third kappa shape index (κ3) is 2.02. The summed E-state index contributed by atoms with van der Waals surface area (Å²) in [6.07, 6.45) is -1.78. The molecule has 0 saturated heterocycles. The van der Waals surface area contributed by atoms with Crippen molar-refractivity contribution in [1.29, 1.82) is 5.26 Å². The maximum Gasteiger partial charge on any atom is 0.267 e. The van der Waals surface area contributed by atoms with Crippen molar-refractivity contribution in [2.24, 2.45) is 0 Å². The highest BCUT2D eigenvalue weighted by Crippen LogP contribution is 2.33. The van der Waals surface area contributed by atoms with Gasteiger partial charge < -0.3 is 9.84 Å². The quantitative estimate of drug-likeness (QED) is 0.825. The second-order valence-electron chi connectivity index (χ2n) is 2.65. The predicted octanol–water partition coefficient (Wildman–Crippen LogP) is 1.39. The molecular weight excluding hydrogens is 206 g/mol. The summed E-state index contributed by atoms with van der Waals surface area (Å²) in [7, 11) is 1.17. The first-order valence-corrected chi connectivity index (χ1v) is 4.00. The Morgan fingerprint density at radius 1 is 1.67 bits per heavy atom. The number of aliphatic hydroxyl groups is 1. The number of pyridine rings is 1. The summed E-state index contributed by atoms with van der Waals surface area (Å²) >= 11 is 0. The highest BCUT2D eigenvalue weighted by Gasteiger charge is 2.22. The minimum Gasteiger partial charge on any atom is -0.493 e. The van der Waals surface area contributed by atoms with Gasteiger partial charge in [-0.25, -0.2) is 13.8 Å². The number of ether oxygens (including phenoxy) is 1. The highest BCUT2D eigenvalue weighted by atomic mass is 19.3. The van der Waals surface area contributed by atoms with Crippen LogP contribution in [0.2, 0.25) is 0 Å². The summed E-state index contributed by atoms with van der Waals surface area (Å²) in [5.74, 6) is -0.279. The SMILES string of the molecule is COc1c(C#N)ncc(CO)c1C(F)F. The monoisotopic (exact) mass is 214 g/mol. The third-order valence-electron chi connectivity index (χ3n) is 1.85. The molecule has 0 atom stereocenters. The van der Waals surface area contributed by atoms with Crippen LogP contribution in [0.4, 0.5) is 8.78 Å². The van der Waals surface area contributed by atoms with Gasteiger partial charge in [0.15, 0.2) is 11.4 Å². The van der Waals surface area contributed by atoms with Crippen LogP contribution in [0.3, 0.4) is 0 Å². The topological polar surface area (TPSA) is 66.1 Å². The van der Waals surface area contributed by atoms with Gasteiger partial charge in [0.1, 0.15) is 6.07 Å². The Morgan fingerprint density at radius 2 is 2.33 bits per heavy atom. The van der Waals surface area contributed by atoms with Gasteiger partial charge in [-0.05, 0) is 0 Å². The maximum atomic E-state index is 12.7. The lowest BCUT2D eigenvalue weighted by Gasteiger charge is -2.12. The molecule has 6 heteroatoms. The molecule has 0 bridgehead atoms. The molecule has 4 nitrogen and oxygen atoms in total. The fourth-order valence-corrected chi connectivity index (χ4v) is 1.20. The van der Waals surface area contributed by atoms with Gasteiger partial charge in [0.05, 0.1) is 19.3 Å². The van der Waals surface area contributed by atoms with Gasteiger partial charge in [0.25, 0.3) is 6.43 Å². The molecule has 0 spiro atoms. The van der Waals surface area contributed by atoms with Crippen molar-refractivity contribution in [3.8, 4) is 11.8 Å². The standard InChI is InChI=1S/C9H8F2N2O2/c1-15-8-6(2-12)13-3-5(4-14)7(8)9(10)11/h3,9,14H,4H2,1H3. The van der Waals surface area contributed by atoms with E-state index in [0.29, 0.717) is 0 Å². The number of aromatic nitrogens is 1. The van der Waals surface area contributed by atoms with E-state index in [2.05, 4.69) is 4.98 Å². The Hall–Kier alpha value is -1.74. The van der Waals surface area contributed by atoms with E-state index in [4.69, 9.17) is 15.1 Å². The molecule has 0 radical (unpaired) electrons. The highest BCUT2D eigenvalue weighted by molar-refractivity contribution is 5.48. The van der Waals surface area contributed by atoms with Crippen molar-refractivity contribution in [3.63, 3.8) is 0 Å². The summed E-state index contributed by atoms with van der Waals surface area (Å²) in [4.78, 5) is 3.60. The van der Waals surface area contributed by atoms with Crippen molar-refractivity contribution < 1.29 is 18.6 Å². The zero-order valence-corrected chi connectivity index (χ0v) is 7.87. The van der Waals surface area contributed by atoms with Gasteiger partial charge in [0.2, 0.25) is 0 Å². The van der Waals surface area contributed by atoms with Crippen molar-refractivity contribution in [2.45, 2.75) is 13.0 Å². The third-order valence-corrected chi connectivity index (χ3v) is 1.85. The zero-order chi connectivity index (χ0) is 11.4. The lowest BCUT2D eigenvalue weighted by Crippen LogP contribution is -2.03. The molecule has 1 N–H and O–H groups in total. The fourth-order valence-electron chi connectivity index (χ4n) is 1.20. The van der Waals surface area contributed by atoms with Crippen LogP contribution in [-0.4, -0.2) is 17.2 Å². The summed E-state index contributed by atoms with van der Waals surface area (Å²) in [5.41, 5.74) is -0.739. The molecule has 1 aromatic heterocycles. The number of aliphatic hydroxyl groups excluding tert-OH is 1. The van der Waals surface area contributed by atoms with E-state index in [1.807, 2.05) is 0 Å². The Kier molecular flexibility index (Phi) is 3.52. The van der Waals surface area contributed by atoms with Crippen molar-refractivity contribution in [3.05, 3.63) is 23.0 Å². The number of methoxy groups -OCH3 is 1. The smallest absolute Gasteiger partial charge is 0.267 e. The van der Waals surface area contributed by atoms with E-state index in [9.17, 15) is 8.78 Å². The van der Waals surface area contributed by atoms with E-state index in [1.54, 1.807) is 6.07 Å². The fraction of sp³-hybridized carbons (Fsp3) is 0.333. The van der Waals surface area contributed by atoms with Crippen LogP contribution < -0.4 is 4.74 Å². The average Bonchev–Trinajstić information content (AvgIpc) is 2.26. The Bertz CT molecular complexity index is 402. The van der Waals surface area contributed by atoms with E-state index in [-0.39, 0.29) is 17.0 Å².